The van der Waals surface area contributed by atoms with E-state index in [9.17, 15) is 18.4 Å². The van der Waals surface area contributed by atoms with Crippen molar-refractivity contribution in [2.75, 3.05) is 36.5 Å². The van der Waals surface area contributed by atoms with Gasteiger partial charge in [-0.3, -0.25) is 14.3 Å². The largest absolute Gasteiger partial charge is 0.434 e. The summed E-state index contributed by atoms with van der Waals surface area (Å²) < 4.78 is 34.7. The lowest BCUT2D eigenvalue weighted by Gasteiger charge is -2.20. The monoisotopic (exact) mass is 540 g/mol. The van der Waals surface area contributed by atoms with E-state index in [1.54, 1.807) is 54.4 Å². The average molecular weight is 541 g/mol. The summed E-state index contributed by atoms with van der Waals surface area (Å²) in [5.41, 5.74) is 1.96. The summed E-state index contributed by atoms with van der Waals surface area (Å²) in [5, 5.41) is 14.8. The molecule has 38 heavy (non-hydrogen) atoms. The summed E-state index contributed by atoms with van der Waals surface area (Å²) in [4.78, 5) is 32.7. The summed E-state index contributed by atoms with van der Waals surface area (Å²) >= 11 is 1.57. The van der Waals surface area contributed by atoms with Gasteiger partial charge < -0.3 is 20.3 Å². The number of hydrogen-bond acceptors (Lipinski definition) is 8. The van der Waals surface area contributed by atoms with E-state index < -0.39 is 18.6 Å². The fourth-order valence-electron chi connectivity index (χ4n) is 4.61. The van der Waals surface area contributed by atoms with Gasteiger partial charge in [0.05, 0.1) is 23.8 Å². The van der Waals surface area contributed by atoms with Crippen LogP contribution in [0.3, 0.4) is 0 Å². The third-order valence-corrected chi connectivity index (χ3v) is 7.51. The highest BCUT2D eigenvalue weighted by Gasteiger charge is 2.33. The fourth-order valence-corrected chi connectivity index (χ4v) is 5.52. The Morgan fingerprint density at radius 2 is 2.21 bits per heavy atom. The molecule has 196 valence electrons. The molecule has 2 aliphatic rings. The number of thioether (sulfide) groups is 1. The predicted octanol–water partition coefficient (Wildman–Crippen LogP) is 3.37. The van der Waals surface area contributed by atoms with Gasteiger partial charge in [-0.25, -0.2) is 9.50 Å². The number of aromatic nitrogens is 5. The molecule has 2 amide bonds. The molecule has 11 nitrogen and oxygen atoms in total. The van der Waals surface area contributed by atoms with Crippen LogP contribution in [0.2, 0.25) is 0 Å². The number of amides is 2. The van der Waals surface area contributed by atoms with Gasteiger partial charge in [-0.05, 0) is 18.6 Å². The molecule has 14 heteroatoms. The normalized spacial score (nSPS) is 17.1. The smallest absolute Gasteiger partial charge is 0.387 e. The lowest BCUT2D eigenvalue weighted by atomic mass is 10.1. The minimum Gasteiger partial charge on any atom is -0.434 e. The fraction of sp³-hybridized carbons (Fsp3) is 0.292. The Morgan fingerprint density at radius 1 is 1.34 bits per heavy atom. The highest BCUT2D eigenvalue weighted by molar-refractivity contribution is 7.99. The van der Waals surface area contributed by atoms with Gasteiger partial charge in [0.1, 0.15) is 23.0 Å². The van der Waals surface area contributed by atoms with E-state index in [0.717, 1.165) is 10.6 Å². The highest BCUT2D eigenvalue weighted by Crippen LogP contribution is 2.43. The number of alkyl halides is 2. The van der Waals surface area contributed by atoms with Gasteiger partial charge >= 0.3 is 6.61 Å². The van der Waals surface area contributed by atoms with Crippen molar-refractivity contribution in [2.24, 2.45) is 0 Å². The van der Waals surface area contributed by atoms with Gasteiger partial charge in [-0.2, -0.15) is 19.0 Å². The molecule has 2 N–H and O–H groups in total. The second-order valence-electron chi connectivity index (χ2n) is 8.83. The topological polar surface area (TPSA) is 119 Å². The first-order chi connectivity index (χ1) is 18.4. The first-order valence-electron chi connectivity index (χ1n) is 11.8. The van der Waals surface area contributed by atoms with Gasteiger partial charge in [0.15, 0.2) is 5.65 Å². The summed E-state index contributed by atoms with van der Waals surface area (Å²) in [5.74, 6) is 0.0594. The number of carbonyl (C=O) groups excluding carboxylic acids is 2. The maximum Gasteiger partial charge on any atom is 0.387 e. The SMILES string of the molecule is CN1CCC(n2cc(NC(=O)c3cnn4cccnc34)c(-c3cc4c(cc3OC(F)F)NCCS4)n2)C1=O. The molecule has 0 spiro atoms. The molecule has 1 atom stereocenters. The van der Waals surface area contributed by atoms with Crippen LogP contribution < -0.4 is 15.4 Å². The Bertz CT molecular complexity index is 1550. The van der Waals surface area contributed by atoms with E-state index >= 15 is 0 Å². The second-order valence-corrected chi connectivity index (χ2v) is 9.97. The van der Waals surface area contributed by atoms with Crippen LogP contribution in [0.25, 0.3) is 16.9 Å². The summed E-state index contributed by atoms with van der Waals surface area (Å²) in [6.45, 7) is -1.83. The molecule has 2 aliphatic heterocycles. The number of rotatable bonds is 6. The van der Waals surface area contributed by atoms with Crippen molar-refractivity contribution in [2.45, 2.75) is 24.0 Å². The predicted molar refractivity (Wildman–Crippen MR) is 136 cm³/mol. The van der Waals surface area contributed by atoms with Crippen LogP contribution in [0.4, 0.5) is 20.2 Å². The third-order valence-electron chi connectivity index (χ3n) is 6.45. The van der Waals surface area contributed by atoms with Crippen LogP contribution in [0.5, 0.6) is 5.75 Å². The zero-order valence-electron chi connectivity index (χ0n) is 20.1. The number of nitrogens with one attached hydrogen (secondary N) is 2. The second kappa shape index (κ2) is 9.59. The van der Waals surface area contributed by atoms with Crippen molar-refractivity contribution in [1.29, 1.82) is 0 Å². The summed E-state index contributed by atoms with van der Waals surface area (Å²) in [6.07, 6.45) is 6.67. The zero-order chi connectivity index (χ0) is 26.4. The van der Waals surface area contributed by atoms with Crippen molar-refractivity contribution < 1.29 is 23.1 Å². The van der Waals surface area contributed by atoms with Crippen molar-refractivity contribution in [3.63, 3.8) is 0 Å². The van der Waals surface area contributed by atoms with E-state index in [-0.39, 0.29) is 34.2 Å². The van der Waals surface area contributed by atoms with Crippen LogP contribution in [0, 0.1) is 0 Å². The maximum absolute atomic E-state index is 13.4. The molecular weight excluding hydrogens is 518 g/mol. The first-order valence-corrected chi connectivity index (χ1v) is 12.8. The Morgan fingerprint density at radius 3 is 3.00 bits per heavy atom. The summed E-state index contributed by atoms with van der Waals surface area (Å²) in [6, 6.07) is 4.33. The number of hydrogen-bond donors (Lipinski definition) is 2. The number of benzene rings is 1. The maximum atomic E-state index is 13.4. The number of carbonyl (C=O) groups is 2. The minimum absolute atomic E-state index is 0.0954. The molecule has 0 radical (unpaired) electrons. The van der Waals surface area contributed by atoms with E-state index in [1.807, 2.05) is 0 Å². The van der Waals surface area contributed by atoms with Crippen molar-refractivity contribution in [3.8, 4) is 17.0 Å². The van der Waals surface area contributed by atoms with Gasteiger partial charge in [0.25, 0.3) is 5.91 Å². The number of halogens is 2. The van der Waals surface area contributed by atoms with Crippen molar-refractivity contribution >= 4 is 40.6 Å². The van der Waals surface area contributed by atoms with Crippen LogP contribution in [-0.4, -0.2) is 73.6 Å². The zero-order valence-corrected chi connectivity index (χ0v) is 20.9. The van der Waals surface area contributed by atoms with Gasteiger partial charge in [0.2, 0.25) is 5.91 Å². The molecule has 1 saturated heterocycles. The average Bonchev–Trinajstić information content (AvgIpc) is 3.60. The van der Waals surface area contributed by atoms with Gasteiger partial charge in [-0.1, -0.05) is 0 Å². The molecule has 0 bridgehead atoms. The molecule has 0 aliphatic carbocycles. The highest BCUT2D eigenvalue weighted by atomic mass is 32.2. The van der Waals surface area contributed by atoms with E-state index in [1.165, 1.54) is 21.5 Å². The molecule has 6 rings (SSSR count). The molecule has 3 aromatic heterocycles. The standard InChI is InChI=1S/C24H22F2N8O3S/c1-32-7-3-17(23(32)36)34-12-16(30-22(35)14-11-29-33-6-2-4-28-21(14)33)20(31-34)13-9-19-15(27-5-8-38-19)10-18(13)37-24(25)26/h2,4,6,9-12,17,24,27H,3,5,7-8H2,1H3,(H,30,35). The number of likely N-dealkylation sites (tertiary alicyclic amines) is 1. The quantitative estimate of drug-likeness (QED) is 0.382. The van der Waals surface area contributed by atoms with Crippen molar-refractivity contribution in [1.82, 2.24) is 29.3 Å². The molecule has 1 unspecified atom stereocenters. The van der Waals surface area contributed by atoms with Crippen LogP contribution in [0.15, 0.2) is 47.9 Å². The summed E-state index contributed by atoms with van der Waals surface area (Å²) in [7, 11) is 1.70. The molecule has 1 fully saturated rings. The number of likely N-dealkylation sites (N-methyl/N-ethyl adjacent to an activating group) is 1. The Kier molecular flexibility index (Phi) is 6.10. The third kappa shape index (κ3) is 4.30. The lowest BCUT2D eigenvalue weighted by molar-refractivity contribution is -0.129. The molecule has 5 heterocycles. The minimum atomic E-state index is -3.07. The number of anilines is 2. The van der Waals surface area contributed by atoms with Gasteiger partial charge in [0, 0.05) is 54.8 Å². The van der Waals surface area contributed by atoms with Crippen LogP contribution in [-0.2, 0) is 4.79 Å². The Balaban J connectivity index is 1.46. The molecular formula is C24H22F2N8O3S. The van der Waals surface area contributed by atoms with Crippen molar-refractivity contribution in [3.05, 3.63) is 48.5 Å². The number of ether oxygens (including phenoxy) is 1. The molecule has 0 saturated carbocycles. The first kappa shape index (κ1) is 24.2. The lowest BCUT2D eigenvalue weighted by Crippen LogP contribution is -2.24. The van der Waals surface area contributed by atoms with Crippen LogP contribution in [0.1, 0.15) is 22.8 Å². The van der Waals surface area contributed by atoms with E-state index in [2.05, 4.69) is 25.8 Å². The molecule has 4 aromatic rings. The Hall–Kier alpha value is -4.20. The Labute approximate surface area is 219 Å². The van der Waals surface area contributed by atoms with Crippen LogP contribution >= 0.6 is 11.8 Å². The van der Waals surface area contributed by atoms with Gasteiger partial charge in [-0.15, -0.1) is 11.8 Å². The number of nitrogens with zero attached hydrogens (tertiary/aromatic N) is 6. The number of fused-ring (bicyclic) bond motifs is 2. The van der Waals surface area contributed by atoms with E-state index in [0.29, 0.717) is 30.8 Å². The van der Waals surface area contributed by atoms with E-state index in [4.69, 9.17) is 4.74 Å². The molecule has 1 aromatic carbocycles.